The molecule has 0 aliphatic rings. The van der Waals surface area contributed by atoms with Gasteiger partial charge >= 0.3 is 0 Å². The molecule has 4 atom stereocenters. The quantitative estimate of drug-likeness (QED) is 0.0308. The number of carbonyl (C=O) groups is 1. The highest BCUT2D eigenvalue weighted by atomic mass is 16.3. The molecule has 0 fully saturated rings. The van der Waals surface area contributed by atoms with Crippen molar-refractivity contribution in [3.63, 3.8) is 0 Å². The Labute approximate surface area is 456 Å². The monoisotopic (exact) mass is 1030 g/mol. The van der Waals surface area contributed by atoms with Crippen LogP contribution in [-0.2, 0) is 4.79 Å². The van der Waals surface area contributed by atoms with Gasteiger partial charge in [-0.1, -0.05) is 320 Å². The van der Waals surface area contributed by atoms with Gasteiger partial charge in [-0.05, 0) is 70.6 Å². The lowest BCUT2D eigenvalue weighted by molar-refractivity contribution is -0.132. The van der Waals surface area contributed by atoms with Gasteiger partial charge in [0.1, 0.15) is 12.2 Å². The van der Waals surface area contributed by atoms with Crippen LogP contribution in [0.5, 0.6) is 0 Å². The third-order valence-corrected chi connectivity index (χ3v) is 15.6. The molecule has 0 aliphatic carbocycles. The maximum absolute atomic E-state index is 12.6. The Kier molecular flexibility index (Phi) is 60.1. The number of allylic oxidation sites excluding steroid dienone is 6. The second kappa shape index (κ2) is 61.4. The number of aliphatic hydroxyl groups excluding tert-OH is 4. The van der Waals surface area contributed by atoms with Crippen LogP contribution in [0.3, 0.4) is 0 Å². The molecule has 1 amide bonds. The van der Waals surface area contributed by atoms with Crippen molar-refractivity contribution >= 4 is 5.91 Å². The molecule has 0 aliphatic heterocycles. The third-order valence-electron chi connectivity index (χ3n) is 15.6. The van der Waals surface area contributed by atoms with Gasteiger partial charge in [-0.3, -0.25) is 4.79 Å². The molecular weight excluding hydrogens is 899 g/mol. The van der Waals surface area contributed by atoms with Crippen LogP contribution in [0.4, 0.5) is 0 Å². The summed E-state index contributed by atoms with van der Waals surface area (Å²) in [5.74, 6) is -0.590. The van der Waals surface area contributed by atoms with E-state index in [1.165, 1.54) is 283 Å². The van der Waals surface area contributed by atoms with Gasteiger partial charge < -0.3 is 25.7 Å². The molecule has 6 nitrogen and oxygen atoms in total. The van der Waals surface area contributed by atoms with Crippen molar-refractivity contribution in [1.29, 1.82) is 0 Å². The van der Waals surface area contributed by atoms with Crippen LogP contribution in [0.15, 0.2) is 36.5 Å². The van der Waals surface area contributed by atoms with Gasteiger partial charge in [0.05, 0.1) is 18.8 Å². The summed E-state index contributed by atoms with van der Waals surface area (Å²) in [6.07, 6.45) is 78.2. The maximum Gasteiger partial charge on any atom is 0.249 e. The third kappa shape index (κ3) is 55.1. The van der Waals surface area contributed by atoms with Crippen molar-refractivity contribution in [3.8, 4) is 0 Å². The lowest BCUT2D eigenvalue weighted by atomic mass is 10.00. The second-order valence-electron chi connectivity index (χ2n) is 22.8. The number of hydrogen-bond donors (Lipinski definition) is 5. The highest BCUT2D eigenvalue weighted by molar-refractivity contribution is 5.80. The topological polar surface area (TPSA) is 110 Å². The van der Waals surface area contributed by atoms with Crippen molar-refractivity contribution in [2.75, 3.05) is 6.61 Å². The summed E-state index contributed by atoms with van der Waals surface area (Å²) in [5.41, 5.74) is 0. The predicted octanol–water partition coefficient (Wildman–Crippen LogP) is 19.9. The van der Waals surface area contributed by atoms with Crippen molar-refractivity contribution in [2.24, 2.45) is 0 Å². The first-order valence-electron chi connectivity index (χ1n) is 32.9. The van der Waals surface area contributed by atoms with Crippen LogP contribution in [0.25, 0.3) is 0 Å². The molecule has 432 valence electrons. The predicted molar refractivity (Wildman–Crippen MR) is 321 cm³/mol. The molecule has 0 bridgehead atoms. The Bertz CT molecular complexity index is 1150. The number of amides is 1. The van der Waals surface area contributed by atoms with Gasteiger partial charge in [0.2, 0.25) is 5.91 Å². The Hall–Kier alpha value is -1.47. The van der Waals surface area contributed by atoms with Crippen molar-refractivity contribution in [1.82, 2.24) is 5.32 Å². The zero-order valence-electron chi connectivity index (χ0n) is 49.2. The van der Waals surface area contributed by atoms with Crippen molar-refractivity contribution in [2.45, 2.75) is 379 Å². The molecule has 0 aromatic rings. The van der Waals surface area contributed by atoms with E-state index in [1.807, 2.05) is 0 Å². The van der Waals surface area contributed by atoms with E-state index in [2.05, 4.69) is 55.6 Å². The van der Waals surface area contributed by atoms with Gasteiger partial charge in [-0.2, -0.15) is 0 Å². The summed E-state index contributed by atoms with van der Waals surface area (Å²) in [6.45, 7) is 4.09. The van der Waals surface area contributed by atoms with E-state index in [1.54, 1.807) is 0 Å². The van der Waals surface area contributed by atoms with Crippen molar-refractivity contribution < 1.29 is 25.2 Å². The van der Waals surface area contributed by atoms with Gasteiger partial charge in [0.25, 0.3) is 0 Å². The van der Waals surface area contributed by atoms with Crippen LogP contribution in [0, 0.1) is 0 Å². The molecule has 0 spiro atoms. The minimum atomic E-state index is -1.28. The Morgan fingerprint density at radius 2 is 0.603 bits per heavy atom. The van der Waals surface area contributed by atoms with Crippen LogP contribution >= 0.6 is 0 Å². The van der Waals surface area contributed by atoms with E-state index < -0.39 is 36.9 Å². The minimum Gasteiger partial charge on any atom is -0.394 e. The van der Waals surface area contributed by atoms with E-state index in [-0.39, 0.29) is 0 Å². The van der Waals surface area contributed by atoms with Gasteiger partial charge in [0.15, 0.2) is 0 Å². The van der Waals surface area contributed by atoms with Crippen LogP contribution in [0.1, 0.15) is 354 Å². The molecule has 0 radical (unpaired) electrons. The first kappa shape index (κ1) is 71.5. The molecule has 0 heterocycles. The smallest absolute Gasteiger partial charge is 0.249 e. The van der Waals surface area contributed by atoms with Crippen LogP contribution < -0.4 is 5.32 Å². The van der Waals surface area contributed by atoms with E-state index in [4.69, 9.17) is 0 Å². The second-order valence-corrected chi connectivity index (χ2v) is 22.8. The Morgan fingerprint density at radius 3 is 0.904 bits per heavy atom. The molecule has 6 heteroatoms. The fourth-order valence-electron chi connectivity index (χ4n) is 10.4. The molecule has 0 rings (SSSR count). The summed E-state index contributed by atoms with van der Waals surface area (Å²) in [6, 6.07) is -1.00. The molecule has 0 saturated carbocycles. The number of aliphatic hydroxyl groups is 4. The van der Waals surface area contributed by atoms with Crippen LogP contribution in [0.2, 0.25) is 0 Å². The SMILES string of the molecule is CCCCCCCCCCC/C=C\C/C=C\CCCCCCCCCCCCCCC(O)C(=O)NC(CO)C(O)C(O)CCC/C=C/CCCCCCCCCCCCCCCCCCCCCCCCCC. The maximum atomic E-state index is 12.6. The summed E-state index contributed by atoms with van der Waals surface area (Å²) >= 11 is 0. The fourth-order valence-corrected chi connectivity index (χ4v) is 10.4. The Morgan fingerprint density at radius 1 is 0.342 bits per heavy atom. The summed E-state index contributed by atoms with van der Waals surface area (Å²) in [5, 5.41) is 44.1. The first-order chi connectivity index (χ1) is 36.0. The highest BCUT2D eigenvalue weighted by Crippen LogP contribution is 2.18. The lowest BCUT2D eigenvalue weighted by Crippen LogP contribution is -2.53. The largest absolute Gasteiger partial charge is 0.394 e. The van der Waals surface area contributed by atoms with E-state index >= 15 is 0 Å². The molecule has 73 heavy (non-hydrogen) atoms. The lowest BCUT2D eigenvalue weighted by Gasteiger charge is -2.27. The van der Waals surface area contributed by atoms with Gasteiger partial charge in [0, 0.05) is 0 Å². The van der Waals surface area contributed by atoms with Crippen LogP contribution in [-0.4, -0.2) is 57.3 Å². The average molecular weight is 1030 g/mol. The number of carbonyl (C=O) groups excluding carboxylic acids is 1. The number of hydrogen-bond acceptors (Lipinski definition) is 5. The van der Waals surface area contributed by atoms with E-state index in [0.29, 0.717) is 12.8 Å². The first-order valence-corrected chi connectivity index (χ1v) is 32.9. The molecule has 4 unspecified atom stereocenters. The molecule has 5 N–H and O–H groups in total. The Balaban J connectivity index is 3.60. The van der Waals surface area contributed by atoms with Gasteiger partial charge in [-0.25, -0.2) is 0 Å². The van der Waals surface area contributed by atoms with E-state index in [0.717, 1.165) is 44.9 Å². The number of nitrogens with one attached hydrogen (secondary N) is 1. The summed E-state index contributed by atoms with van der Waals surface area (Å²) in [4.78, 5) is 12.6. The van der Waals surface area contributed by atoms with E-state index in [9.17, 15) is 25.2 Å². The standard InChI is InChI=1S/C67H129NO5/c1-3-5-7-9-11-13-15-17-19-21-23-25-27-29-31-33-35-36-38-40-42-44-46-48-50-52-54-56-58-60-64(70)66(72)63(62-69)68-67(73)65(71)61-59-57-55-53-51-49-47-45-43-41-39-37-34-32-30-28-26-24-22-20-18-16-14-12-10-8-6-4-2/h24,26,30,32,52,54,63-66,69-72H,3-23,25,27-29,31,33-51,53,55-62H2,1-2H3,(H,68,73)/b26-24-,32-30-,54-52+. The molecule has 0 saturated heterocycles. The number of rotatable bonds is 61. The molecule has 0 aromatic carbocycles. The minimum absolute atomic E-state index is 0.362. The normalized spacial score (nSPS) is 13.8. The summed E-state index contributed by atoms with van der Waals surface area (Å²) < 4.78 is 0. The van der Waals surface area contributed by atoms with Crippen molar-refractivity contribution in [3.05, 3.63) is 36.5 Å². The molecular formula is C67H129NO5. The summed E-state index contributed by atoms with van der Waals surface area (Å²) in [7, 11) is 0. The fraction of sp³-hybridized carbons (Fsp3) is 0.896. The zero-order chi connectivity index (χ0) is 53.0. The van der Waals surface area contributed by atoms with Gasteiger partial charge in [-0.15, -0.1) is 0 Å². The number of unbranched alkanes of at least 4 members (excludes halogenated alkanes) is 46. The average Bonchev–Trinajstić information content (AvgIpc) is 3.40. The zero-order valence-corrected chi connectivity index (χ0v) is 49.2. The highest BCUT2D eigenvalue weighted by Gasteiger charge is 2.28. The molecule has 0 aromatic heterocycles.